The van der Waals surface area contributed by atoms with E-state index in [1.807, 2.05) is 19.9 Å². The molecular formula is C89H123N23O22S2. The van der Waals surface area contributed by atoms with Crippen molar-refractivity contribution in [3.8, 4) is 5.75 Å². The van der Waals surface area contributed by atoms with Crippen LogP contribution in [0.2, 0.25) is 0 Å². The second-order valence-electron chi connectivity index (χ2n) is 33.9. The number of phenols is 1. The van der Waals surface area contributed by atoms with E-state index in [1.54, 1.807) is 54.0 Å². The Kier molecular flexibility index (Phi) is 39.7. The number of primary amides is 2. The molecule has 0 spiro atoms. The molecule has 9 rings (SSSR count). The van der Waals surface area contributed by atoms with E-state index in [0.29, 0.717) is 70.4 Å². The Morgan fingerprint density at radius 1 is 0.574 bits per heavy atom. The van der Waals surface area contributed by atoms with Crippen LogP contribution in [0.25, 0.3) is 21.0 Å². The predicted octanol–water partition coefficient (Wildman–Crippen LogP) is -4.89. The van der Waals surface area contributed by atoms with Gasteiger partial charge in [-0.3, -0.25) is 86.9 Å². The van der Waals surface area contributed by atoms with Crippen LogP contribution in [-0.4, -0.2) is 340 Å². The van der Waals surface area contributed by atoms with Crippen molar-refractivity contribution >= 4 is 150 Å². The lowest BCUT2D eigenvalue weighted by Gasteiger charge is -2.36. The number of rotatable bonds is 26. The van der Waals surface area contributed by atoms with Gasteiger partial charge in [0.1, 0.15) is 96.4 Å². The molecule has 0 bridgehead atoms. The lowest BCUT2D eigenvalue weighted by atomic mass is 10.00. The van der Waals surface area contributed by atoms with Crippen LogP contribution < -0.4 is 75.7 Å². The number of carbonyl (C=O) groups is 17. The van der Waals surface area contributed by atoms with E-state index in [4.69, 9.17) is 22.6 Å². The number of aromatic hydroxyl groups is 1. The van der Waals surface area contributed by atoms with Gasteiger partial charge in [0.05, 0.1) is 44.4 Å². The minimum absolute atomic E-state index is 0.00545. The van der Waals surface area contributed by atoms with Crippen molar-refractivity contribution in [3.05, 3.63) is 119 Å². The molecule has 17 amide bonds. The van der Waals surface area contributed by atoms with Gasteiger partial charge in [0.15, 0.2) is 5.96 Å². The number of imidazole rings is 1. The zero-order valence-corrected chi connectivity index (χ0v) is 78.0. The Labute approximate surface area is 791 Å². The highest BCUT2D eigenvalue weighted by Crippen LogP contribution is 2.30. The molecule has 738 valence electrons. The van der Waals surface area contributed by atoms with Crippen molar-refractivity contribution < 1.29 is 107 Å². The van der Waals surface area contributed by atoms with E-state index >= 15 is 33.6 Å². The van der Waals surface area contributed by atoms with E-state index in [0.717, 1.165) is 29.2 Å². The summed E-state index contributed by atoms with van der Waals surface area (Å²) in [4.78, 5) is 265. The van der Waals surface area contributed by atoms with Crippen molar-refractivity contribution in [1.82, 2.24) is 97.9 Å². The number of unbranched alkanes of at least 4 members (excludes halogenated alkanes) is 2. The molecule has 6 aromatic rings. The first-order valence-corrected chi connectivity index (χ1v) is 46.9. The Balaban J connectivity index is 1.10. The first kappa shape index (κ1) is 106. The number of thioether (sulfide) groups is 1. The van der Waals surface area contributed by atoms with Gasteiger partial charge in [-0.2, -0.15) is 0 Å². The summed E-state index contributed by atoms with van der Waals surface area (Å²) in [5.74, 6) is -19.3. The van der Waals surface area contributed by atoms with Crippen molar-refractivity contribution in [1.29, 1.82) is 5.41 Å². The number of nitrogens with zero attached hydrogens (tertiary/aromatic N) is 6. The number of H-pyrrole nitrogens is 2. The van der Waals surface area contributed by atoms with Gasteiger partial charge in [-0.25, -0.2) is 4.98 Å². The number of aromatic nitrogens is 3. The highest BCUT2D eigenvalue weighted by atomic mass is 32.2. The summed E-state index contributed by atoms with van der Waals surface area (Å²) in [6.45, 7) is 0.790. The number of para-hydroxylation sites is 1. The molecule has 47 heteroatoms. The largest absolute Gasteiger partial charge is 0.508 e. The summed E-state index contributed by atoms with van der Waals surface area (Å²) in [5, 5.41) is 93.1. The minimum Gasteiger partial charge on any atom is -0.508 e. The maximum absolute atomic E-state index is 15.8. The Hall–Kier alpha value is -13.4. The predicted molar refractivity (Wildman–Crippen MR) is 497 cm³/mol. The first-order chi connectivity index (χ1) is 64.9. The summed E-state index contributed by atoms with van der Waals surface area (Å²) in [6.07, 6.45) is 1.32. The number of fused-ring (bicyclic) bond motifs is 4. The van der Waals surface area contributed by atoms with Crippen LogP contribution in [0.5, 0.6) is 5.75 Å². The number of aliphatic hydroxyl groups is 4. The molecule has 3 aliphatic heterocycles. The number of nitrogens with one attached hydrogen (secondary N) is 14. The number of amides is 17. The van der Waals surface area contributed by atoms with Crippen LogP contribution in [0.4, 0.5) is 0 Å². The maximum Gasteiger partial charge on any atom is 0.248 e. The quantitative estimate of drug-likeness (QED) is 0.0137. The number of guanidine groups is 1. The number of aliphatic hydroxyl groups excluding tert-OH is 4. The lowest BCUT2D eigenvalue weighted by Crippen LogP contribution is -2.62. The molecule has 3 saturated heterocycles. The summed E-state index contributed by atoms with van der Waals surface area (Å²) in [6, 6.07) is -5.24. The topological polar surface area (TPSA) is 686 Å². The van der Waals surface area contributed by atoms with Gasteiger partial charge in [-0.1, -0.05) is 88.1 Å². The monoisotopic (exact) mass is 1930 g/mol. The smallest absolute Gasteiger partial charge is 0.248 e. The first-order valence-electron chi connectivity index (χ1n) is 44.8. The van der Waals surface area contributed by atoms with E-state index < -0.39 is 254 Å². The molecular weight excluding hydrogens is 1810 g/mol. The van der Waals surface area contributed by atoms with Gasteiger partial charge >= 0.3 is 0 Å². The molecule has 1 unspecified atom stereocenters. The number of nitrogens with two attached hydrogens (primary N) is 3. The molecule has 16 atom stereocenters. The van der Waals surface area contributed by atoms with Crippen LogP contribution in [-0.2, 0) is 107 Å². The lowest BCUT2D eigenvalue weighted by molar-refractivity contribution is -0.149. The van der Waals surface area contributed by atoms with Crippen molar-refractivity contribution in [2.24, 2.45) is 17.2 Å². The van der Waals surface area contributed by atoms with Crippen LogP contribution >= 0.6 is 23.1 Å². The number of benzene rings is 3. The number of thiophene rings is 1. The maximum atomic E-state index is 15.8. The summed E-state index contributed by atoms with van der Waals surface area (Å²) in [7, 11) is 3.83. The number of phenolic OH excluding ortho intramolecular Hbond substituents is 1. The molecule has 136 heavy (non-hydrogen) atoms. The second kappa shape index (κ2) is 50.8. The molecule has 0 aliphatic carbocycles. The van der Waals surface area contributed by atoms with Gasteiger partial charge in [-0.15, -0.1) is 23.1 Å². The molecule has 3 aliphatic rings. The third-order valence-corrected chi connectivity index (χ3v) is 26.1. The fourth-order valence-electron chi connectivity index (χ4n) is 16.4. The van der Waals surface area contributed by atoms with Gasteiger partial charge < -0.3 is 136 Å². The second-order valence-corrected chi connectivity index (χ2v) is 35.8. The molecule has 0 saturated carbocycles. The average molecular weight is 1930 g/mol. The Morgan fingerprint density at radius 3 is 1.79 bits per heavy atom. The van der Waals surface area contributed by atoms with E-state index in [2.05, 4.69) is 73.4 Å². The third kappa shape index (κ3) is 28.8. The fraction of sp³-hybridized carbons (Fsp3) is 0.517. The molecule has 3 aromatic heterocycles. The molecule has 3 fully saturated rings. The van der Waals surface area contributed by atoms with Gasteiger partial charge in [-0.05, 0) is 97.2 Å². The molecule has 6 heterocycles. The number of likely N-dealkylation sites (N-methyl/N-ethyl adjacent to an activating group) is 3. The zero-order chi connectivity index (χ0) is 99.3. The fourth-order valence-corrected chi connectivity index (χ4v) is 18.2. The average Bonchev–Trinajstić information content (AvgIpc) is 1.65. The minimum atomic E-state index is -1.93. The van der Waals surface area contributed by atoms with Crippen LogP contribution in [0.15, 0.2) is 96.9 Å². The SMILES string of the molecule is CCCC[C@H]1C(=O)N(C)[C@@H](CCCC)C(=O)N[C@@H](CCCNC(=N)N)C(=O)NC(C(=O)N[C@@H](CO)C(N)=O)CSCC(=O)N[C@@H](Cc2ccc(O)cc2)C(=O)N(C)[C@@H](C)C(=O)N[C@@H](CC(N)=O)C(=O)N2CCC[C@H]2C(=O)N[C@@H](Cc2cnc[nH]2)C(=O)N[C@@H](CO)C(=O)N2C[C@H](O)C[C@H]2C(=O)N[C@@H](Cc2c[nH]c3ccccc23)C(=O)N[C@@H](CO)C(=O)N[C@@H](Cc2csc3ccccc23)C(=O)N1C. The number of carbonyl (C=O) groups excluding carboxylic acids is 17. The summed E-state index contributed by atoms with van der Waals surface area (Å²) >= 11 is 2.03. The van der Waals surface area contributed by atoms with E-state index in [-0.39, 0.29) is 88.7 Å². The van der Waals surface area contributed by atoms with E-state index in [1.165, 1.54) is 76.2 Å². The Morgan fingerprint density at radius 2 is 1.15 bits per heavy atom. The zero-order valence-electron chi connectivity index (χ0n) is 76.4. The molecule has 0 radical (unpaired) electrons. The highest BCUT2D eigenvalue weighted by Gasteiger charge is 2.47. The normalized spacial score (nSPS) is 24.9. The summed E-state index contributed by atoms with van der Waals surface area (Å²) < 4.78 is 0.792. The van der Waals surface area contributed by atoms with Crippen molar-refractivity contribution in [2.45, 2.75) is 220 Å². The van der Waals surface area contributed by atoms with E-state index in [9.17, 15) is 73.5 Å². The molecule has 3 aromatic carbocycles. The number of hydrogen-bond acceptors (Lipinski definition) is 26. The van der Waals surface area contributed by atoms with Crippen LogP contribution in [0.3, 0.4) is 0 Å². The summed E-state index contributed by atoms with van der Waals surface area (Å²) in [5.41, 5.74) is 19.1. The third-order valence-electron chi connectivity index (χ3n) is 24.1. The number of aromatic amines is 2. The van der Waals surface area contributed by atoms with Crippen molar-refractivity contribution in [3.63, 3.8) is 0 Å². The van der Waals surface area contributed by atoms with Gasteiger partial charge in [0.2, 0.25) is 100 Å². The van der Waals surface area contributed by atoms with Crippen LogP contribution in [0.1, 0.15) is 120 Å². The van der Waals surface area contributed by atoms with Crippen LogP contribution in [0, 0.1) is 5.41 Å². The highest BCUT2D eigenvalue weighted by molar-refractivity contribution is 8.00. The standard InChI is InChI=1S/C89H123N23O22S2/c1-7-9-21-67-81(127)99-57(20-15-29-95-89(92)93)76(122)107-66(80(126)104-63(40-113)74(91)120)44-135-45-73(119)98-60(31-48-25-27-52(116)28-26-48)84(130)108(4)47(3)75(121)102-62(36-72(90)118)86(132)111-30-16-23-68(111)82(128)101-59(34-51-38-94-46-97-51)78(124)106-65(42-115)87(133)112-39-53(117)35-70(112)83(129)100-58(32-49-37-96-56-19-13-11-17-54(49)56)77(123)105-64(41-114)79(125)103-61(33-50-43-136-71-24-14-12-18-55(50)71)85(131)110(6)69(22-10-8-2)88(134)109(67)5/h11-14,17-19,24-28,37-38,43,46-47,53,57-70,96,113-117H,7-10,15-16,20-23,29-36,39-42,44-45H2,1-6H3,(H2,90,118)(H2,91,120)(H,94,97)(H,98,119)(H,99,127)(H,100,129)(H,101,128)(H,102,121)(H,103,125)(H,104,126)(H,105,123)(H,106,124)(H,107,122)(H4,92,93,95)/t47-,53+,57-,58-,59-,60-,61-,62-,63-,64-,65-,66?,67-,68-,69-,70-/m0/s1. The molecule has 45 nitrogen and oxygen atoms in total. The van der Waals surface area contributed by atoms with Gasteiger partial charge in [0.25, 0.3) is 0 Å². The van der Waals surface area contributed by atoms with Gasteiger partial charge in [0, 0.05) is 112 Å². The Bertz CT molecular complexity index is 5260. The molecule has 25 N–H and O–H groups in total. The van der Waals surface area contributed by atoms with Crippen molar-refractivity contribution in [2.75, 3.05) is 72.1 Å². The number of hydrogen-bond donors (Lipinski definition) is 22.